The molecule has 1 atom stereocenters. The number of esters is 1. The third kappa shape index (κ3) is 4.47. The maximum atomic E-state index is 12.8. The van der Waals surface area contributed by atoms with Crippen molar-refractivity contribution in [2.24, 2.45) is 0 Å². The second-order valence-electron chi connectivity index (χ2n) is 5.28. The van der Waals surface area contributed by atoms with Crippen LogP contribution in [-0.4, -0.2) is 38.7 Å². The van der Waals surface area contributed by atoms with E-state index in [1.165, 1.54) is 12.0 Å². The summed E-state index contributed by atoms with van der Waals surface area (Å²) in [6, 6.07) is 14.5. The number of anilines is 2. The lowest BCUT2D eigenvalue weighted by Crippen LogP contribution is -2.45. The van der Waals surface area contributed by atoms with Gasteiger partial charge in [0.05, 0.1) is 12.7 Å². The number of rotatable bonds is 5. The molecule has 7 heteroatoms. The summed E-state index contributed by atoms with van der Waals surface area (Å²) in [6.07, 6.45) is 0. The van der Waals surface area contributed by atoms with E-state index in [4.69, 9.17) is 7.85 Å². The fraction of sp³-hybridized carbons (Fsp3) is 0.167. The largest absolute Gasteiger partial charge is 0.465 e. The number of hydrogen-bond acceptors (Lipinski definition) is 4. The standard InChI is InChI=1S/C18H17BN2O4/c1-12(20-18(19)24)16(22)21(14-6-4-3-5-7-14)15-10-8-13(9-11-15)17(23)25-2/h3-12H,1-2H3,(H,20,24). The van der Waals surface area contributed by atoms with Crippen molar-refractivity contribution >= 4 is 36.9 Å². The molecule has 25 heavy (non-hydrogen) atoms. The molecular formula is C18H17BN2O4. The SMILES string of the molecule is [B]C(=O)NC(C)C(=O)N(c1ccccc1)c1ccc(C(=O)OC)cc1. The van der Waals surface area contributed by atoms with Crippen molar-refractivity contribution in [2.75, 3.05) is 12.0 Å². The molecular weight excluding hydrogens is 319 g/mol. The highest BCUT2D eigenvalue weighted by molar-refractivity contribution is 6.57. The lowest BCUT2D eigenvalue weighted by molar-refractivity contribution is -0.119. The number of nitrogens with zero attached hydrogens (tertiary/aromatic N) is 1. The fourth-order valence-electron chi connectivity index (χ4n) is 2.31. The van der Waals surface area contributed by atoms with Gasteiger partial charge in [0.25, 0.3) is 5.91 Å². The van der Waals surface area contributed by atoms with Crippen molar-refractivity contribution in [2.45, 2.75) is 13.0 Å². The molecule has 0 fully saturated rings. The zero-order valence-electron chi connectivity index (χ0n) is 13.9. The van der Waals surface area contributed by atoms with E-state index in [0.29, 0.717) is 16.9 Å². The zero-order valence-corrected chi connectivity index (χ0v) is 13.9. The Kier molecular flexibility index (Phi) is 5.95. The van der Waals surface area contributed by atoms with Gasteiger partial charge in [0.1, 0.15) is 6.04 Å². The van der Waals surface area contributed by atoms with E-state index in [1.54, 1.807) is 55.5 Å². The van der Waals surface area contributed by atoms with Gasteiger partial charge in [-0.2, -0.15) is 0 Å². The smallest absolute Gasteiger partial charge is 0.337 e. The lowest BCUT2D eigenvalue weighted by Gasteiger charge is -2.26. The van der Waals surface area contributed by atoms with E-state index >= 15 is 0 Å². The molecule has 2 aromatic rings. The normalized spacial score (nSPS) is 11.3. The first-order valence-electron chi connectivity index (χ1n) is 7.57. The van der Waals surface area contributed by atoms with E-state index in [9.17, 15) is 14.4 Å². The first kappa shape index (κ1) is 18.3. The van der Waals surface area contributed by atoms with Gasteiger partial charge in [-0.1, -0.05) is 18.2 Å². The van der Waals surface area contributed by atoms with Crippen LogP contribution in [0.3, 0.4) is 0 Å². The minimum absolute atomic E-state index is 0.365. The van der Waals surface area contributed by atoms with Crippen molar-refractivity contribution in [1.82, 2.24) is 5.32 Å². The number of methoxy groups -OCH3 is 1. The number of hydrogen-bond donors (Lipinski definition) is 1. The number of nitrogens with one attached hydrogen (secondary N) is 1. The van der Waals surface area contributed by atoms with Crippen LogP contribution in [0.2, 0.25) is 0 Å². The highest BCUT2D eigenvalue weighted by Gasteiger charge is 2.24. The van der Waals surface area contributed by atoms with Crippen LogP contribution < -0.4 is 10.2 Å². The van der Waals surface area contributed by atoms with Crippen molar-refractivity contribution in [3.63, 3.8) is 0 Å². The Bertz CT molecular complexity index is 762. The van der Waals surface area contributed by atoms with E-state index in [0.717, 1.165) is 0 Å². The Labute approximate surface area is 147 Å². The van der Waals surface area contributed by atoms with Gasteiger partial charge < -0.3 is 10.1 Å². The van der Waals surface area contributed by atoms with E-state index in [1.807, 2.05) is 6.07 Å². The van der Waals surface area contributed by atoms with Crippen LogP contribution in [0, 0.1) is 0 Å². The molecule has 0 aliphatic rings. The predicted octanol–water partition coefficient (Wildman–Crippen LogP) is 2.40. The minimum Gasteiger partial charge on any atom is -0.465 e. The van der Waals surface area contributed by atoms with Crippen LogP contribution >= 0.6 is 0 Å². The van der Waals surface area contributed by atoms with Crippen LogP contribution in [0.15, 0.2) is 54.6 Å². The molecule has 0 bridgehead atoms. The molecule has 0 aliphatic carbocycles. The summed E-state index contributed by atoms with van der Waals surface area (Å²) in [4.78, 5) is 36.9. The molecule has 0 saturated carbocycles. The van der Waals surface area contributed by atoms with Gasteiger partial charge in [-0.05, 0) is 43.3 Å². The number of amides is 2. The van der Waals surface area contributed by atoms with E-state index in [-0.39, 0.29) is 5.91 Å². The first-order valence-corrected chi connectivity index (χ1v) is 7.57. The van der Waals surface area contributed by atoms with Gasteiger partial charge in [0.15, 0.2) is 5.81 Å². The number of benzene rings is 2. The Morgan fingerprint density at radius 2 is 1.56 bits per heavy atom. The zero-order chi connectivity index (χ0) is 18.4. The third-order valence-corrected chi connectivity index (χ3v) is 3.51. The summed E-state index contributed by atoms with van der Waals surface area (Å²) in [6.45, 7) is 1.55. The second-order valence-corrected chi connectivity index (χ2v) is 5.28. The Morgan fingerprint density at radius 1 is 1.00 bits per heavy atom. The number of ether oxygens (including phenoxy) is 1. The van der Waals surface area contributed by atoms with Gasteiger partial charge in [-0.3, -0.25) is 14.5 Å². The van der Waals surface area contributed by atoms with Crippen LogP contribution in [-0.2, 0) is 9.53 Å². The van der Waals surface area contributed by atoms with Crippen molar-refractivity contribution in [3.8, 4) is 0 Å². The predicted molar refractivity (Wildman–Crippen MR) is 95.1 cm³/mol. The van der Waals surface area contributed by atoms with Crippen LogP contribution in [0.5, 0.6) is 0 Å². The highest BCUT2D eigenvalue weighted by atomic mass is 16.5. The summed E-state index contributed by atoms with van der Waals surface area (Å²) in [5, 5.41) is 2.37. The van der Waals surface area contributed by atoms with Crippen molar-refractivity contribution in [1.29, 1.82) is 0 Å². The second kappa shape index (κ2) is 8.14. The summed E-state index contributed by atoms with van der Waals surface area (Å²) >= 11 is 0. The van der Waals surface area contributed by atoms with Crippen LogP contribution in [0.1, 0.15) is 17.3 Å². The summed E-state index contributed by atoms with van der Waals surface area (Å²) in [7, 11) is 6.40. The fourth-order valence-corrected chi connectivity index (χ4v) is 2.31. The number of carbonyl (C=O) groups is 3. The number of para-hydroxylation sites is 1. The topological polar surface area (TPSA) is 75.7 Å². The quantitative estimate of drug-likeness (QED) is 0.672. The first-order chi connectivity index (χ1) is 11.9. The molecule has 6 nitrogen and oxygen atoms in total. The molecule has 2 radical (unpaired) electrons. The molecule has 0 aromatic heterocycles. The molecule has 0 aliphatic heterocycles. The van der Waals surface area contributed by atoms with Crippen molar-refractivity contribution < 1.29 is 19.1 Å². The van der Waals surface area contributed by atoms with Gasteiger partial charge in [-0.15, -0.1) is 0 Å². The monoisotopic (exact) mass is 336 g/mol. The molecule has 0 saturated heterocycles. The van der Waals surface area contributed by atoms with Gasteiger partial charge in [0.2, 0.25) is 7.85 Å². The van der Waals surface area contributed by atoms with Gasteiger partial charge in [-0.25, -0.2) is 4.79 Å². The lowest BCUT2D eigenvalue weighted by atomic mass is 10.1. The Balaban J connectivity index is 2.40. The minimum atomic E-state index is -0.821. The maximum Gasteiger partial charge on any atom is 0.337 e. The van der Waals surface area contributed by atoms with Gasteiger partial charge in [0, 0.05) is 11.4 Å². The average molecular weight is 336 g/mol. The highest BCUT2D eigenvalue weighted by Crippen LogP contribution is 2.26. The number of carbonyl (C=O) groups excluding carboxylic acids is 3. The summed E-state index contributed by atoms with van der Waals surface area (Å²) < 4.78 is 4.67. The Morgan fingerprint density at radius 3 is 2.08 bits per heavy atom. The maximum absolute atomic E-state index is 12.8. The average Bonchev–Trinajstić information content (AvgIpc) is 2.62. The molecule has 1 unspecified atom stereocenters. The third-order valence-electron chi connectivity index (χ3n) is 3.51. The van der Waals surface area contributed by atoms with Crippen molar-refractivity contribution in [3.05, 3.63) is 60.2 Å². The molecule has 1 N–H and O–H groups in total. The Hall–Kier alpha value is -3.09. The molecule has 126 valence electrons. The van der Waals surface area contributed by atoms with Crippen LogP contribution in [0.25, 0.3) is 0 Å². The summed E-state index contributed by atoms with van der Waals surface area (Å²) in [5.41, 5.74) is 1.54. The molecule has 2 rings (SSSR count). The molecule has 2 amide bonds. The van der Waals surface area contributed by atoms with E-state index in [2.05, 4.69) is 10.1 Å². The van der Waals surface area contributed by atoms with Crippen LogP contribution in [0.4, 0.5) is 16.2 Å². The molecule has 0 spiro atoms. The molecule has 2 aromatic carbocycles. The van der Waals surface area contributed by atoms with E-state index < -0.39 is 17.8 Å². The molecule has 0 heterocycles. The van der Waals surface area contributed by atoms with Gasteiger partial charge >= 0.3 is 5.97 Å². The summed E-state index contributed by atoms with van der Waals surface area (Å²) in [5.74, 6) is -1.61.